The molecule has 0 saturated carbocycles. The lowest BCUT2D eigenvalue weighted by atomic mass is 10.2. The predicted octanol–water partition coefficient (Wildman–Crippen LogP) is 2.47. The molecule has 4 nitrogen and oxygen atoms in total. The Hall–Kier alpha value is -1.36. The number of anilines is 1. The number of hydrogen-bond donors (Lipinski definition) is 2. The zero-order chi connectivity index (χ0) is 13.7. The topological polar surface area (TPSA) is 58.2 Å². The largest absolute Gasteiger partial charge is 0.348 e. The van der Waals surface area contributed by atoms with Gasteiger partial charge >= 0.3 is 11.8 Å². The number of aryl methyl sites for hydroxylation is 1. The van der Waals surface area contributed by atoms with Crippen LogP contribution in [0.2, 0.25) is 0 Å². The fraction of sp³-hybridized carbons (Fsp3) is 0.385. The summed E-state index contributed by atoms with van der Waals surface area (Å²) in [4.78, 5) is 23.1. The minimum absolute atomic E-state index is 0.313. The van der Waals surface area contributed by atoms with Crippen LogP contribution in [0, 0.1) is 12.8 Å². The van der Waals surface area contributed by atoms with Crippen molar-refractivity contribution in [2.75, 3.05) is 11.9 Å². The van der Waals surface area contributed by atoms with Crippen molar-refractivity contribution < 1.29 is 9.59 Å². The van der Waals surface area contributed by atoms with Gasteiger partial charge in [-0.2, -0.15) is 0 Å². The van der Waals surface area contributed by atoms with Gasteiger partial charge < -0.3 is 10.6 Å². The highest BCUT2D eigenvalue weighted by atomic mass is 79.9. The molecule has 0 aromatic heterocycles. The molecule has 0 unspecified atom stereocenters. The van der Waals surface area contributed by atoms with E-state index in [2.05, 4.69) is 26.6 Å². The van der Waals surface area contributed by atoms with E-state index < -0.39 is 11.8 Å². The SMILES string of the molecule is Cc1ccc(NC(=O)C(=O)NCC(C)C)c(Br)c1. The van der Waals surface area contributed by atoms with Crippen LogP contribution in [0.4, 0.5) is 5.69 Å². The van der Waals surface area contributed by atoms with Crippen molar-refractivity contribution in [2.24, 2.45) is 5.92 Å². The fourth-order valence-electron chi connectivity index (χ4n) is 1.28. The number of carbonyl (C=O) groups is 2. The highest BCUT2D eigenvalue weighted by molar-refractivity contribution is 9.10. The van der Waals surface area contributed by atoms with Crippen LogP contribution >= 0.6 is 15.9 Å². The molecule has 1 aromatic rings. The van der Waals surface area contributed by atoms with Crippen LogP contribution in [-0.2, 0) is 9.59 Å². The zero-order valence-corrected chi connectivity index (χ0v) is 12.3. The molecule has 0 spiro atoms. The van der Waals surface area contributed by atoms with Gasteiger partial charge in [-0.05, 0) is 46.5 Å². The van der Waals surface area contributed by atoms with Crippen molar-refractivity contribution in [2.45, 2.75) is 20.8 Å². The number of rotatable bonds is 3. The quantitative estimate of drug-likeness (QED) is 0.842. The summed E-state index contributed by atoms with van der Waals surface area (Å²) in [5.41, 5.74) is 1.66. The van der Waals surface area contributed by atoms with Crippen LogP contribution in [0.5, 0.6) is 0 Å². The molecule has 2 amide bonds. The highest BCUT2D eigenvalue weighted by Gasteiger charge is 2.14. The first-order chi connectivity index (χ1) is 8.40. The molecule has 0 aliphatic heterocycles. The summed E-state index contributed by atoms with van der Waals surface area (Å²) < 4.78 is 0.757. The minimum atomic E-state index is -0.653. The predicted molar refractivity (Wildman–Crippen MR) is 75.4 cm³/mol. The van der Waals surface area contributed by atoms with Gasteiger partial charge in [-0.3, -0.25) is 9.59 Å². The first-order valence-electron chi connectivity index (χ1n) is 5.75. The summed E-state index contributed by atoms with van der Waals surface area (Å²) in [6.07, 6.45) is 0. The third-order valence-corrected chi connectivity index (χ3v) is 2.91. The van der Waals surface area contributed by atoms with Gasteiger partial charge in [-0.1, -0.05) is 19.9 Å². The van der Waals surface area contributed by atoms with Crippen LogP contribution < -0.4 is 10.6 Å². The molecule has 1 rings (SSSR count). The van der Waals surface area contributed by atoms with Crippen molar-refractivity contribution in [1.29, 1.82) is 0 Å². The fourth-order valence-corrected chi connectivity index (χ4v) is 1.87. The number of carbonyl (C=O) groups excluding carboxylic acids is 2. The van der Waals surface area contributed by atoms with Crippen LogP contribution in [-0.4, -0.2) is 18.4 Å². The standard InChI is InChI=1S/C13H17BrN2O2/c1-8(2)7-15-12(17)13(18)16-11-5-4-9(3)6-10(11)14/h4-6,8H,7H2,1-3H3,(H,15,17)(H,16,18). The Balaban J connectivity index is 2.61. The Morgan fingerprint density at radius 3 is 2.50 bits per heavy atom. The Morgan fingerprint density at radius 2 is 1.94 bits per heavy atom. The van der Waals surface area contributed by atoms with Crippen LogP contribution in [0.25, 0.3) is 0 Å². The molecule has 0 heterocycles. The third-order valence-electron chi connectivity index (χ3n) is 2.25. The molecule has 0 aliphatic carbocycles. The van der Waals surface area contributed by atoms with Crippen LogP contribution in [0.3, 0.4) is 0 Å². The number of nitrogens with one attached hydrogen (secondary N) is 2. The molecular weight excluding hydrogens is 296 g/mol. The van der Waals surface area contributed by atoms with Crippen molar-refractivity contribution in [1.82, 2.24) is 5.32 Å². The monoisotopic (exact) mass is 312 g/mol. The third kappa shape index (κ3) is 4.49. The molecule has 0 radical (unpaired) electrons. The van der Waals surface area contributed by atoms with E-state index in [0.717, 1.165) is 10.0 Å². The molecule has 0 fully saturated rings. The molecule has 5 heteroatoms. The van der Waals surface area contributed by atoms with Crippen molar-refractivity contribution >= 4 is 33.4 Å². The average molecular weight is 313 g/mol. The molecule has 0 bridgehead atoms. The molecule has 0 atom stereocenters. The van der Waals surface area contributed by atoms with Gasteiger partial charge in [0.25, 0.3) is 0 Å². The summed E-state index contributed by atoms with van der Waals surface area (Å²) in [6, 6.07) is 5.50. The number of halogens is 1. The van der Waals surface area contributed by atoms with Gasteiger partial charge in [0.05, 0.1) is 5.69 Å². The lowest BCUT2D eigenvalue weighted by Crippen LogP contribution is -2.37. The Kier molecular flexibility index (Phi) is 5.34. The lowest BCUT2D eigenvalue weighted by Gasteiger charge is -2.09. The molecule has 98 valence electrons. The van der Waals surface area contributed by atoms with Crippen LogP contribution in [0.1, 0.15) is 19.4 Å². The van der Waals surface area contributed by atoms with E-state index >= 15 is 0 Å². The molecule has 0 aliphatic rings. The van der Waals surface area contributed by atoms with Gasteiger partial charge in [-0.15, -0.1) is 0 Å². The summed E-state index contributed by atoms with van der Waals surface area (Å²) in [5.74, 6) is -0.954. The van der Waals surface area contributed by atoms with E-state index in [4.69, 9.17) is 0 Å². The maximum atomic E-state index is 11.6. The second kappa shape index (κ2) is 6.54. The van der Waals surface area contributed by atoms with Gasteiger partial charge in [0.2, 0.25) is 0 Å². The Bertz CT molecular complexity index is 458. The maximum absolute atomic E-state index is 11.6. The van der Waals surface area contributed by atoms with Gasteiger partial charge in [0.15, 0.2) is 0 Å². The molecule has 1 aromatic carbocycles. The van der Waals surface area contributed by atoms with Gasteiger partial charge in [0, 0.05) is 11.0 Å². The number of amides is 2. The van der Waals surface area contributed by atoms with Crippen molar-refractivity contribution in [3.63, 3.8) is 0 Å². The molecular formula is C13H17BrN2O2. The number of hydrogen-bond acceptors (Lipinski definition) is 2. The highest BCUT2D eigenvalue weighted by Crippen LogP contribution is 2.23. The first kappa shape index (κ1) is 14.7. The molecule has 0 saturated heterocycles. The van der Waals surface area contributed by atoms with E-state index in [0.29, 0.717) is 18.2 Å². The van der Waals surface area contributed by atoms with E-state index in [1.807, 2.05) is 32.9 Å². The van der Waals surface area contributed by atoms with Gasteiger partial charge in [0.1, 0.15) is 0 Å². The lowest BCUT2D eigenvalue weighted by molar-refractivity contribution is -0.136. The van der Waals surface area contributed by atoms with E-state index in [9.17, 15) is 9.59 Å². The smallest absolute Gasteiger partial charge is 0.313 e. The van der Waals surface area contributed by atoms with E-state index in [1.54, 1.807) is 6.07 Å². The maximum Gasteiger partial charge on any atom is 0.313 e. The van der Waals surface area contributed by atoms with E-state index in [1.165, 1.54) is 0 Å². The number of benzene rings is 1. The average Bonchev–Trinajstić information content (AvgIpc) is 2.29. The van der Waals surface area contributed by atoms with Crippen LogP contribution in [0.15, 0.2) is 22.7 Å². The second-order valence-electron chi connectivity index (χ2n) is 4.54. The van der Waals surface area contributed by atoms with Crippen molar-refractivity contribution in [3.05, 3.63) is 28.2 Å². The zero-order valence-electron chi connectivity index (χ0n) is 10.7. The minimum Gasteiger partial charge on any atom is -0.348 e. The summed E-state index contributed by atoms with van der Waals surface area (Å²) >= 11 is 3.34. The summed E-state index contributed by atoms with van der Waals surface area (Å²) in [7, 11) is 0. The van der Waals surface area contributed by atoms with Gasteiger partial charge in [-0.25, -0.2) is 0 Å². The second-order valence-corrected chi connectivity index (χ2v) is 5.40. The molecule has 2 N–H and O–H groups in total. The summed E-state index contributed by atoms with van der Waals surface area (Å²) in [6.45, 7) is 6.37. The van der Waals surface area contributed by atoms with Crippen molar-refractivity contribution in [3.8, 4) is 0 Å². The Morgan fingerprint density at radius 1 is 1.28 bits per heavy atom. The molecule has 18 heavy (non-hydrogen) atoms. The summed E-state index contributed by atoms with van der Waals surface area (Å²) in [5, 5.41) is 5.13. The Labute approximate surface area is 115 Å². The normalized spacial score (nSPS) is 10.3. The first-order valence-corrected chi connectivity index (χ1v) is 6.54. The van der Waals surface area contributed by atoms with E-state index in [-0.39, 0.29) is 0 Å².